The number of benzene rings is 2. The number of phenols is 1. The number of nitrogens with zero attached hydrogens (tertiary/aromatic N) is 2. The van der Waals surface area contributed by atoms with Crippen molar-refractivity contribution in [2.45, 2.75) is 26.7 Å². The Labute approximate surface area is 165 Å². The van der Waals surface area contributed by atoms with E-state index in [1.54, 1.807) is 19.2 Å². The van der Waals surface area contributed by atoms with Crippen LogP contribution in [0.5, 0.6) is 11.5 Å². The second kappa shape index (κ2) is 9.60. The normalized spacial score (nSPS) is 10.1. The van der Waals surface area contributed by atoms with E-state index in [0.29, 0.717) is 17.9 Å². The van der Waals surface area contributed by atoms with Gasteiger partial charge in [-0.1, -0.05) is 44.2 Å². The molecule has 0 aliphatic heterocycles. The average molecular weight is 381 g/mol. The Hall–Kier alpha value is -3.28. The molecule has 0 unspecified atom stereocenters. The molecule has 28 heavy (non-hydrogen) atoms. The molecule has 0 spiro atoms. The molecule has 6 heteroatoms. The van der Waals surface area contributed by atoms with Crippen LogP contribution >= 0.6 is 0 Å². The monoisotopic (exact) mass is 381 g/mol. The van der Waals surface area contributed by atoms with Crippen LogP contribution in [0.25, 0.3) is 11.1 Å². The highest BCUT2D eigenvalue weighted by Crippen LogP contribution is 2.31. The minimum atomic E-state index is -0.155. The summed E-state index contributed by atoms with van der Waals surface area (Å²) in [5.41, 5.74) is 9.38. The molecule has 0 saturated heterocycles. The summed E-state index contributed by atoms with van der Waals surface area (Å²) in [4.78, 5) is 16.1. The number of nitrogen functional groups attached to an aromatic ring is 1. The van der Waals surface area contributed by atoms with Gasteiger partial charge in [-0.05, 0) is 41.7 Å². The molecular weight excluding hydrogens is 354 g/mol. The van der Waals surface area contributed by atoms with E-state index >= 15 is 0 Å². The minimum absolute atomic E-state index is 0.113. The summed E-state index contributed by atoms with van der Waals surface area (Å²) in [7, 11) is 3.13. The first-order valence-electron chi connectivity index (χ1n) is 9.26. The van der Waals surface area contributed by atoms with Gasteiger partial charge in [-0.3, -0.25) is 9.36 Å². The van der Waals surface area contributed by atoms with Crippen molar-refractivity contribution < 1.29 is 9.84 Å². The molecule has 0 aliphatic carbocycles. The number of hydrogen-bond donors (Lipinski definition) is 2. The number of ether oxygens (including phenoxy) is 1. The lowest BCUT2D eigenvalue weighted by atomic mass is 10.00. The zero-order valence-electron chi connectivity index (χ0n) is 16.8. The first kappa shape index (κ1) is 21.0. The van der Waals surface area contributed by atoms with E-state index in [0.717, 1.165) is 23.1 Å². The third-order valence-corrected chi connectivity index (χ3v) is 4.33. The molecular formula is C22H27N3O3. The lowest BCUT2D eigenvalue weighted by Crippen LogP contribution is -2.21. The van der Waals surface area contributed by atoms with Crippen molar-refractivity contribution in [3.05, 3.63) is 70.1 Å². The SMILES string of the molecule is CC.COc1cc(-c2cccc(CCc3cc(=O)n(C)c(N)n3)c2)ccc1O. The molecule has 0 fully saturated rings. The highest BCUT2D eigenvalue weighted by Gasteiger charge is 2.07. The summed E-state index contributed by atoms with van der Waals surface area (Å²) < 4.78 is 6.49. The summed E-state index contributed by atoms with van der Waals surface area (Å²) in [6.07, 6.45) is 1.37. The molecule has 2 aromatic carbocycles. The van der Waals surface area contributed by atoms with Gasteiger partial charge < -0.3 is 15.6 Å². The van der Waals surface area contributed by atoms with Crippen LogP contribution in [-0.4, -0.2) is 21.8 Å². The molecule has 3 rings (SSSR count). The Balaban J connectivity index is 0.00000136. The van der Waals surface area contributed by atoms with Crippen molar-refractivity contribution in [3.8, 4) is 22.6 Å². The van der Waals surface area contributed by atoms with Crippen molar-refractivity contribution in [1.29, 1.82) is 0 Å². The highest BCUT2D eigenvalue weighted by molar-refractivity contribution is 5.67. The molecule has 3 N–H and O–H groups in total. The van der Waals surface area contributed by atoms with E-state index < -0.39 is 0 Å². The molecule has 6 nitrogen and oxygen atoms in total. The van der Waals surface area contributed by atoms with Crippen LogP contribution < -0.4 is 16.0 Å². The van der Waals surface area contributed by atoms with Crippen molar-refractivity contribution in [3.63, 3.8) is 0 Å². The van der Waals surface area contributed by atoms with Crippen molar-refractivity contribution in [1.82, 2.24) is 9.55 Å². The maximum absolute atomic E-state index is 11.8. The minimum Gasteiger partial charge on any atom is -0.504 e. The van der Waals surface area contributed by atoms with Gasteiger partial charge >= 0.3 is 0 Å². The largest absolute Gasteiger partial charge is 0.504 e. The van der Waals surface area contributed by atoms with E-state index in [1.165, 1.54) is 17.7 Å². The van der Waals surface area contributed by atoms with E-state index in [2.05, 4.69) is 11.1 Å². The quantitative estimate of drug-likeness (QED) is 0.705. The summed E-state index contributed by atoms with van der Waals surface area (Å²) >= 11 is 0. The van der Waals surface area contributed by atoms with E-state index in [4.69, 9.17) is 10.5 Å². The molecule has 0 bridgehead atoms. The number of rotatable bonds is 5. The molecule has 0 aliphatic rings. The zero-order chi connectivity index (χ0) is 20.7. The number of anilines is 1. The van der Waals surface area contributed by atoms with Gasteiger partial charge in [0.2, 0.25) is 5.95 Å². The fraction of sp³-hybridized carbons (Fsp3) is 0.273. The fourth-order valence-corrected chi connectivity index (χ4v) is 2.77. The summed E-state index contributed by atoms with van der Waals surface area (Å²) in [6.45, 7) is 4.00. The summed E-state index contributed by atoms with van der Waals surface area (Å²) in [6, 6.07) is 14.9. The van der Waals surface area contributed by atoms with Gasteiger partial charge in [0.1, 0.15) is 0 Å². The average Bonchev–Trinajstić information content (AvgIpc) is 2.72. The molecule has 0 radical (unpaired) electrons. The molecule has 0 atom stereocenters. The maximum Gasteiger partial charge on any atom is 0.254 e. The summed E-state index contributed by atoms with van der Waals surface area (Å²) in [5, 5.41) is 9.74. The van der Waals surface area contributed by atoms with Gasteiger partial charge in [0.05, 0.1) is 12.8 Å². The van der Waals surface area contributed by atoms with Crippen molar-refractivity contribution in [2.75, 3.05) is 12.8 Å². The lowest BCUT2D eigenvalue weighted by Gasteiger charge is -2.09. The van der Waals surface area contributed by atoms with Crippen molar-refractivity contribution in [2.24, 2.45) is 7.05 Å². The molecule has 0 saturated carbocycles. The third kappa shape index (κ3) is 4.91. The van der Waals surface area contributed by atoms with Gasteiger partial charge in [-0.15, -0.1) is 0 Å². The molecule has 0 amide bonds. The molecule has 148 valence electrons. The topological polar surface area (TPSA) is 90.4 Å². The lowest BCUT2D eigenvalue weighted by molar-refractivity contribution is 0.373. The maximum atomic E-state index is 11.8. The van der Waals surface area contributed by atoms with Crippen LogP contribution in [0, 0.1) is 0 Å². The Kier molecular flexibility index (Phi) is 7.21. The Morgan fingerprint density at radius 2 is 1.79 bits per heavy atom. The number of phenolic OH excluding ortho intramolecular Hbond substituents is 1. The zero-order valence-corrected chi connectivity index (χ0v) is 16.8. The second-order valence-corrected chi connectivity index (χ2v) is 6.09. The van der Waals surface area contributed by atoms with Gasteiger partial charge in [0.15, 0.2) is 11.5 Å². The number of hydrogen-bond acceptors (Lipinski definition) is 5. The number of aromatic nitrogens is 2. The van der Waals surface area contributed by atoms with Crippen LogP contribution in [-0.2, 0) is 19.9 Å². The standard InChI is InChI=1S/C20H21N3O3.C2H6/c1-23-19(25)12-16(22-20(23)21)8-6-13-4-3-5-14(10-13)15-7-9-17(24)18(11-15)26-2;1-2/h3-5,7,9-12,24H,6,8H2,1-2H3,(H2,21,22);1-2H3. The fourth-order valence-electron chi connectivity index (χ4n) is 2.77. The molecule has 1 aromatic heterocycles. The van der Waals surface area contributed by atoms with Crippen LogP contribution in [0.4, 0.5) is 5.95 Å². The first-order chi connectivity index (χ1) is 13.5. The van der Waals surface area contributed by atoms with E-state index in [9.17, 15) is 9.90 Å². The summed E-state index contributed by atoms with van der Waals surface area (Å²) in [5.74, 6) is 0.770. The third-order valence-electron chi connectivity index (χ3n) is 4.33. The number of methoxy groups -OCH3 is 1. The number of aryl methyl sites for hydroxylation is 2. The second-order valence-electron chi connectivity index (χ2n) is 6.09. The van der Waals surface area contributed by atoms with Gasteiger partial charge in [0.25, 0.3) is 5.56 Å². The Morgan fingerprint density at radius 3 is 2.46 bits per heavy atom. The van der Waals surface area contributed by atoms with Gasteiger partial charge in [-0.2, -0.15) is 0 Å². The van der Waals surface area contributed by atoms with Gasteiger partial charge in [0, 0.05) is 13.1 Å². The number of nitrogens with two attached hydrogens (primary N) is 1. The van der Waals surface area contributed by atoms with Crippen LogP contribution in [0.15, 0.2) is 53.3 Å². The highest BCUT2D eigenvalue weighted by atomic mass is 16.5. The predicted octanol–water partition coefficient (Wildman–Crippen LogP) is 3.56. The van der Waals surface area contributed by atoms with Crippen LogP contribution in [0.2, 0.25) is 0 Å². The van der Waals surface area contributed by atoms with Gasteiger partial charge in [-0.25, -0.2) is 4.98 Å². The smallest absolute Gasteiger partial charge is 0.254 e. The van der Waals surface area contributed by atoms with E-state index in [1.807, 2.05) is 38.1 Å². The van der Waals surface area contributed by atoms with E-state index in [-0.39, 0.29) is 17.3 Å². The molecule has 1 heterocycles. The Morgan fingerprint density at radius 1 is 1.07 bits per heavy atom. The van der Waals surface area contributed by atoms with Crippen molar-refractivity contribution >= 4 is 5.95 Å². The Bertz CT molecular complexity index is 997. The molecule has 3 aromatic rings. The number of aromatic hydroxyl groups is 1. The van der Waals surface area contributed by atoms with Crippen LogP contribution in [0.1, 0.15) is 25.1 Å². The first-order valence-corrected chi connectivity index (χ1v) is 9.26. The van der Waals surface area contributed by atoms with Crippen LogP contribution in [0.3, 0.4) is 0 Å². The predicted molar refractivity (Wildman–Crippen MR) is 113 cm³/mol.